The van der Waals surface area contributed by atoms with Gasteiger partial charge in [-0.3, -0.25) is 14.3 Å². The van der Waals surface area contributed by atoms with Gasteiger partial charge in [-0.05, 0) is 38.3 Å². The normalized spacial score (nSPS) is 20.5. The molecule has 0 bridgehead atoms. The zero-order chi connectivity index (χ0) is 25.4. The molecule has 1 aromatic heterocycles. The molecule has 11 heteroatoms. The molecule has 9 nitrogen and oxygen atoms in total. The van der Waals surface area contributed by atoms with Gasteiger partial charge in [-0.1, -0.05) is 19.4 Å². The highest BCUT2D eigenvalue weighted by Gasteiger charge is 2.42. The summed E-state index contributed by atoms with van der Waals surface area (Å²) in [7, 11) is -3.92. The average Bonchev–Trinajstić information content (AvgIpc) is 3.48. The lowest BCUT2D eigenvalue weighted by Crippen LogP contribution is -2.51. The Morgan fingerprint density at radius 1 is 1.34 bits per heavy atom. The molecule has 188 valence electrons. The number of benzene rings is 1. The van der Waals surface area contributed by atoms with E-state index in [0.717, 1.165) is 31.9 Å². The predicted molar refractivity (Wildman–Crippen MR) is 127 cm³/mol. The fourth-order valence-corrected chi connectivity index (χ4v) is 4.62. The van der Waals surface area contributed by atoms with Crippen LogP contribution in [-0.4, -0.2) is 42.9 Å². The number of amides is 2. The molecule has 0 saturated heterocycles. The minimum Gasteiger partial charge on any atom is -0.493 e. The van der Waals surface area contributed by atoms with Crippen LogP contribution in [0.2, 0.25) is 0 Å². The third-order valence-electron chi connectivity index (χ3n) is 6.09. The van der Waals surface area contributed by atoms with E-state index in [1.807, 2.05) is 11.6 Å². The molecular formula is C24H29FN4O5S. The number of carbonyl (C=O) groups excluding carboxylic acids is 2. The van der Waals surface area contributed by atoms with Gasteiger partial charge in [0, 0.05) is 29.8 Å². The summed E-state index contributed by atoms with van der Waals surface area (Å²) in [6.07, 6.45) is 6.38. The molecule has 2 aromatic rings. The number of halogens is 1. The molecule has 1 aliphatic heterocycles. The molecule has 2 heterocycles. The van der Waals surface area contributed by atoms with Crippen molar-refractivity contribution in [2.45, 2.75) is 57.5 Å². The Morgan fingerprint density at radius 2 is 2.09 bits per heavy atom. The molecule has 1 unspecified atom stereocenters. The largest absolute Gasteiger partial charge is 0.493 e. The van der Waals surface area contributed by atoms with Crippen LogP contribution in [0.1, 0.15) is 63.3 Å². The summed E-state index contributed by atoms with van der Waals surface area (Å²) in [5.41, 5.74) is -0.725. The van der Waals surface area contributed by atoms with Crippen LogP contribution in [0.5, 0.6) is 5.75 Å². The minimum absolute atomic E-state index is 0.0277. The lowest BCUT2D eigenvalue weighted by molar-refractivity contribution is -0.124. The lowest BCUT2D eigenvalue weighted by Gasteiger charge is -2.37. The maximum absolute atomic E-state index is 15.2. The first-order valence-corrected chi connectivity index (χ1v) is 13.5. The van der Waals surface area contributed by atoms with Crippen molar-refractivity contribution in [1.29, 1.82) is 0 Å². The van der Waals surface area contributed by atoms with Crippen molar-refractivity contribution < 1.29 is 27.1 Å². The van der Waals surface area contributed by atoms with Crippen LogP contribution >= 0.6 is 0 Å². The van der Waals surface area contributed by atoms with Gasteiger partial charge >= 0.3 is 0 Å². The van der Waals surface area contributed by atoms with E-state index in [-0.39, 0.29) is 29.2 Å². The average molecular weight is 505 g/mol. The number of hydrogen-bond donors (Lipinski definition) is 2. The highest BCUT2D eigenvalue weighted by Crippen LogP contribution is 2.41. The van der Waals surface area contributed by atoms with Crippen molar-refractivity contribution in [2.24, 2.45) is 0 Å². The van der Waals surface area contributed by atoms with Gasteiger partial charge in [0.25, 0.3) is 11.8 Å². The van der Waals surface area contributed by atoms with Crippen LogP contribution in [0, 0.1) is 5.82 Å². The van der Waals surface area contributed by atoms with Crippen LogP contribution in [0.3, 0.4) is 0 Å². The monoisotopic (exact) mass is 504 g/mol. The number of aromatic nitrogens is 2. The fourth-order valence-electron chi connectivity index (χ4n) is 4.19. The quantitative estimate of drug-likeness (QED) is 0.400. The third kappa shape index (κ3) is 5.55. The van der Waals surface area contributed by atoms with Crippen molar-refractivity contribution >= 4 is 27.4 Å². The summed E-state index contributed by atoms with van der Waals surface area (Å²) in [6, 6.07) is 6.42. The van der Waals surface area contributed by atoms with Crippen LogP contribution in [-0.2, 0) is 25.2 Å². The van der Waals surface area contributed by atoms with E-state index >= 15 is 4.39 Å². The Hall–Kier alpha value is -3.21. The van der Waals surface area contributed by atoms with E-state index < -0.39 is 33.2 Å². The standard InChI is InChI=1S/C24H29FN4O5S/c1-4-5-12-34-16-8-9-18(19(25)13-16)24(2)14-17(20-10-11-29(27-20)15-6-7-15)21(22(30)26-24)23(31)28-35(3,32)33/h8-11,13,15H,4-7,12,14H2,1-3H3,(H,26,30)(H,28,31). The molecule has 4 rings (SSSR count). The second-order valence-corrected chi connectivity index (χ2v) is 11.0. The van der Waals surface area contributed by atoms with E-state index in [9.17, 15) is 18.0 Å². The van der Waals surface area contributed by atoms with E-state index in [1.165, 1.54) is 6.07 Å². The number of nitrogens with one attached hydrogen (secondary N) is 2. The lowest BCUT2D eigenvalue weighted by atomic mass is 9.79. The molecule has 2 N–H and O–H groups in total. The Bertz CT molecular complexity index is 1300. The summed E-state index contributed by atoms with van der Waals surface area (Å²) in [6.45, 7) is 4.16. The molecule has 1 aromatic carbocycles. The van der Waals surface area contributed by atoms with E-state index in [1.54, 1.807) is 36.0 Å². The fraction of sp³-hybridized carbons (Fsp3) is 0.458. The third-order valence-corrected chi connectivity index (χ3v) is 6.65. The minimum atomic E-state index is -3.92. The molecule has 35 heavy (non-hydrogen) atoms. The van der Waals surface area contributed by atoms with Crippen molar-refractivity contribution in [3.63, 3.8) is 0 Å². The van der Waals surface area contributed by atoms with Gasteiger partial charge in [0.05, 0.1) is 30.1 Å². The number of rotatable bonds is 9. The van der Waals surface area contributed by atoms with Crippen molar-refractivity contribution in [3.05, 3.63) is 53.1 Å². The van der Waals surface area contributed by atoms with Gasteiger partial charge < -0.3 is 10.1 Å². The molecule has 1 aliphatic carbocycles. The Labute approximate surface area is 203 Å². The Balaban J connectivity index is 1.73. The second-order valence-electron chi connectivity index (χ2n) is 9.28. The van der Waals surface area contributed by atoms with Gasteiger partial charge in [0.15, 0.2) is 0 Å². The first-order chi connectivity index (χ1) is 16.5. The van der Waals surface area contributed by atoms with Crippen LogP contribution < -0.4 is 14.8 Å². The summed E-state index contributed by atoms with van der Waals surface area (Å²) in [5, 5.41) is 7.24. The highest BCUT2D eigenvalue weighted by molar-refractivity contribution is 7.89. The highest BCUT2D eigenvalue weighted by atomic mass is 32.2. The van der Waals surface area contributed by atoms with Crippen LogP contribution in [0.15, 0.2) is 36.0 Å². The van der Waals surface area contributed by atoms with Crippen molar-refractivity contribution in [1.82, 2.24) is 19.8 Å². The molecule has 2 aliphatic rings. The van der Waals surface area contributed by atoms with Gasteiger partial charge in [0.1, 0.15) is 17.1 Å². The summed E-state index contributed by atoms with van der Waals surface area (Å²) >= 11 is 0. The number of sulfonamides is 1. The van der Waals surface area contributed by atoms with E-state index in [2.05, 4.69) is 10.4 Å². The molecule has 1 saturated carbocycles. The summed E-state index contributed by atoms with van der Waals surface area (Å²) < 4.78 is 47.8. The molecule has 0 spiro atoms. The number of ether oxygens (including phenoxy) is 1. The van der Waals surface area contributed by atoms with E-state index in [0.29, 0.717) is 18.1 Å². The topological polar surface area (TPSA) is 119 Å². The summed E-state index contributed by atoms with van der Waals surface area (Å²) in [4.78, 5) is 26.0. The SMILES string of the molecule is CCCCOc1ccc(C2(C)CC(c3ccn(C4CC4)n3)=C(C(=O)NS(C)(=O)=O)C(=O)N2)c(F)c1. The van der Waals surface area contributed by atoms with Gasteiger partial charge in [-0.2, -0.15) is 5.10 Å². The number of nitrogens with zero attached hydrogens (tertiary/aromatic N) is 2. The van der Waals surface area contributed by atoms with E-state index in [4.69, 9.17) is 4.74 Å². The molecule has 1 fully saturated rings. The smallest absolute Gasteiger partial charge is 0.270 e. The molecule has 2 amide bonds. The van der Waals surface area contributed by atoms with Crippen LogP contribution in [0.25, 0.3) is 5.57 Å². The molecular weight excluding hydrogens is 475 g/mol. The Morgan fingerprint density at radius 3 is 2.71 bits per heavy atom. The van der Waals surface area contributed by atoms with Crippen molar-refractivity contribution in [3.8, 4) is 5.75 Å². The maximum atomic E-state index is 15.2. The number of hydrogen-bond acceptors (Lipinski definition) is 6. The van der Waals surface area contributed by atoms with Crippen molar-refractivity contribution in [2.75, 3.05) is 12.9 Å². The second kappa shape index (κ2) is 9.44. The Kier molecular flexibility index (Phi) is 6.72. The first kappa shape index (κ1) is 24.9. The maximum Gasteiger partial charge on any atom is 0.270 e. The van der Waals surface area contributed by atoms with Gasteiger partial charge in [0.2, 0.25) is 10.0 Å². The molecule has 0 radical (unpaired) electrons. The molecule has 1 atom stereocenters. The predicted octanol–water partition coefficient (Wildman–Crippen LogP) is 2.80. The van der Waals surface area contributed by atoms with Crippen LogP contribution in [0.4, 0.5) is 4.39 Å². The van der Waals surface area contributed by atoms with Gasteiger partial charge in [-0.25, -0.2) is 17.5 Å². The first-order valence-electron chi connectivity index (χ1n) is 11.6. The number of unbranched alkanes of at least 4 members (excludes halogenated alkanes) is 1. The zero-order valence-corrected chi connectivity index (χ0v) is 20.7. The van der Waals surface area contributed by atoms with Gasteiger partial charge in [-0.15, -0.1) is 0 Å². The number of carbonyl (C=O) groups is 2. The summed E-state index contributed by atoms with van der Waals surface area (Å²) in [5.74, 6) is -2.03. The zero-order valence-electron chi connectivity index (χ0n) is 19.9.